The van der Waals surface area contributed by atoms with Crippen LogP contribution in [0.1, 0.15) is 29.1 Å². The summed E-state index contributed by atoms with van der Waals surface area (Å²) in [6.45, 7) is 3.68. The first kappa shape index (κ1) is 28.2. The Morgan fingerprint density at radius 3 is 2.45 bits per heavy atom. The van der Waals surface area contributed by atoms with Crippen molar-refractivity contribution in [3.63, 3.8) is 0 Å². The van der Waals surface area contributed by atoms with Crippen molar-refractivity contribution in [3.8, 4) is 22.3 Å². The summed E-state index contributed by atoms with van der Waals surface area (Å²) in [6.07, 6.45) is 2.14. The summed E-state index contributed by atoms with van der Waals surface area (Å²) in [4.78, 5) is 45.9. The molecule has 3 heterocycles. The molecule has 0 bridgehead atoms. The van der Waals surface area contributed by atoms with E-state index in [0.29, 0.717) is 25.8 Å². The zero-order chi connectivity index (χ0) is 28.4. The number of nitrogens with zero attached hydrogens (tertiary/aromatic N) is 2. The molecule has 5 aromatic rings. The van der Waals surface area contributed by atoms with E-state index in [1.165, 1.54) is 33.6 Å². The summed E-state index contributed by atoms with van der Waals surface area (Å²) in [5.74, 6) is -1.01. The van der Waals surface area contributed by atoms with Crippen molar-refractivity contribution in [1.29, 1.82) is 0 Å². The average Bonchev–Trinajstić information content (AvgIpc) is 3.53. The second-order valence-electron chi connectivity index (χ2n) is 8.75. The van der Waals surface area contributed by atoms with Crippen molar-refractivity contribution >= 4 is 77.3 Å². The lowest BCUT2D eigenvalue weighted by molar-refractivity contribution is -0.116. The molecule has 5 rings (SSSR count). The number of hydrogen-bond donors (Lipinski definition) is 1. The SMILES string of the molecule is CCOC(=O)c1c(-c2ccc(Cl)cc2)csc1NC(=O)Cn1cnc2sc(CC)c(-c3ccc(Br)cc3)c2c1=O. The van der Waals surface area contributed by atoms with Crippen LogP contribution in [-0.4, -0.2) is 28.0 Å². The number of benzene rings is 2. The minimum atomic E-state index is -0.547. The van der Waals surface area contributed by atoms with Gasteiger partial charge in [0.05, 0.1) is 18.3 Å². The van der Waals surface area contributed by atoms with E-state index in [4.69, 9.17) is 16.3 Å². The highest BCUT2D eigenvalue weighted by Gasteiger charge is 2.24. The number of ether oxygens (including phenoxy) is 1. The molecule has 0 saturated carbocycles. The summed E-state index contributed by atoms with van der Waals surface area (Å²) in [7, 11) is 0. The maximum Gasteiger partial charge on any atom is 0.341 e. The highest BCUT2D eigenvalue weighted by Crippen LogP contribution is 2.38. The Hall–Kier alpha value is -3.31. The fourth-order valence-corrected chi connectivity index (χ4v) is 6.83. The van der Waals surface area contributed by atoms with E-state index in [1.54, 1.807) is 36.6 Å². The first-order valence-electron chi connectivity index (χ1n) is 12.4. The summed E-state index contributed by atoms with van der Waals surface area (Å²) < 4.78 is 7.52. The number of hydrogen-bond acceptors (Lipinski definition) is 7. The average molecular weight is 657 g/mol. The van der Waals surface area contributed by atoms with Gasteiger partial charge < -0.3 is 10.1 Å². The van der Waals surface area contributed by atoms with E-state index < -0.39 is 11.9 Å². The Balaban J connectivity index is 1.48. The van der Waals surface area contributed by atoms with Crippen LogP contribution in [0.25, 0.3) is 32.5 Å². The van der Waals surface area contributed by atoms with Gasteiger partial charge >= 0.3 is 5.97 Å². The van der Waals surface area contributed by atoms with Crippen LogP contribution in [0.15, 0.2) is 69.5 Å². The lowest BCUT2D eigenvalue weighted by atomic mass is 10.0. The molecule has 40 heavy (non-hydrogen) atoms. The predicted octanol–water partition coefficient (Wildman–Crippen LogP) is 7.65. The summed E-state index contributed by atoms with van der Waals surface area (Å²) in [5, 5.41) is 6.00. The molecule has 0 aliphatic carbocycles. The van der Waals surface area contributed by atoms with Crippen molar-refractivity contribution in [3.05, 3.63) is 90.5 Å². The quantitative estimate of drug-likeness (QED) is 0.173. The Morgan fingerprint density at radius 2 is 1.77 bits per heavy atom. The number of amides is 1. The van der Waals surface area contributed by atoms with Crippen LogP contribution in [0.3, 0.4) is 0 Å². The molecular formula is C29H23BrClN3O4S2. The van der Waals surface area contributed by atoms with Crippen LogP contribution >= 0.6 is 50.2 Å². The van der Waals surface area contributed by atoms with Gasteiger partial charge in [-0.15, -0.1) is 22.7 Å². The molecule has 0 aliphatic rings. The van der Waals surface area contributed by atoms with E-state index in [1.807, 2.05) is 31.2 Å². The van der Waals surface area contributed by atoms with Gasteiger partial charge in [-0.2, -0.15) is 0 Å². The minimum Gasteiger partial charge on any atom is -0.462 e. The van der Waals surface area contributed by atoms with Crippen molar-refractivity contribution in [2.45, 2.75) is 26.8 Å². The molecular weight excluding hydrogens is 634 g/mol. The lowest BCUT2D eigenvalue weighted by Crippen LogP contribution is -2.28. The number of thiophene rings is 2. The van der Waals surface area contributed by atoms with Crippen molar-refractivity contribution in [2.75, 3.05) is 11.9 Å². The highest BCUT2D eigenvalue weighted by atomic mass is 79.9. The van der Waals surface area contributed by atoms with Gasteiger partial charge in [0.25, 0.3) is 5.56 Å². The topological polar surface area (TPSA) is 90.3 Å². The van der Waals surface area contributed by atoms with Crippen LogP contribution in [0.4, 0.5) is 5.00 Å². The second-order valence-corrected chi connectivity index (χ2v) is 12.1. The number of carbonyl (C=O) groups is 2. The van der Waals surface area contributed by atoms with Gasteiger partial charge in [-0.3, -0.25) is 14.2 Å². The van der Waals surface area contributed by atoms with Crippen LogP contribution in [0.5, 0.6) is 0 Å². The molecule has 0 aliphatic heterocycles. The van der Waals surface area contributed by atoms with Gasteiger partial charge in [0.1, 0.15) is 21.9 Å². The summed E-state index contributed by atoms with van der Waals surface area (Å²) >= 11 is 12.2. The molecule has 1 amide bonds. The third kappa shape index (κ3) is 5.62. The number of carbonyl (C=O) groups excluding carboxylic acids is 2. The molecule has 11 heteroatoms. The molecule has 0 fully saturated rings. The van der Waals surface area contributed by atoms with Crippen LogP contribution < -0.4 is 10.9 Å². The summed E-state index contributed by atoms with van der Waals surface area (Å²) in [5.41, 5.74) is 3.11. The Bertz CT molecular complexity index is 1780. The highest BCUT2D eigenvalue weighted by molar-refractivity contribution is 9.10. The van der Waals surface area contributed by atoms with Gasteiger partial charge in [-0.1, -0.05) is 58.7 Å². The monoisotopic (exact) mass is 655 g/mol. The number of halogens is 2. The van der Waals surface area contributed by atoms with Gasteiger partial charge in [0.15, 0.2) is 0 Å². The normalized spacial score (nSPS) is 11.1. The molecule has 3 aromatic heterocycles. The number of anilines is 1. The Morgan fingerprint density at radius 1 is 1.07 bits per heavy atom. The van der Waals surface area contributed by atoms with Gasteiger partial charge in [0, 0.05) is 30.9 Å². The van der Waals surface area contributed by atoms with Crippen molar-refractivity contribution in [1.82, 2.24) is 9.55 Å². The fourth-order valence-electron chi connectivity index (χ4n) is 4.37. The number of esters is 1. The molecule has 0 spiro atoms. The number of aromatic nitrogens is 2. The summed E-state index contributed by atoms with van der Waals surface area (Å²) in [6, 6.07) is 14.8. The van der Waals surface area contributed by atoms with Crippen molar-refractivity contribution < 1.29 is 14.3 Å². The Labute approximate surface area is 251 Å². The van der Waals surface area contributed by atoms with Crippen molar-refractivity contribution in [2.24, 2.45) is 0 Å². The number of nitrogens with one attached hydrogen (secondary N) is 1. The lowest BCUT2D eigenvalue weighted by Gasteiger charge is -2.10. The van der Waals surface area contributed by atoms with E-state index in [0.717, 1.165) is 32.5 Å². The number of rotatable bonds is 8. The largest absolute Gasteiger partial charge is 0.462 e. The van der Waals surface area contributed by atoms with E-state index in [-0.39, 0.29) is 24.3 Å². The Kier molecular flexibility index (Phi) is 8.51. The molecule has 0 saturated heterocycles. The first-order chi connectivity index (χ1) is 19.3. The molecule has 7 nitrogen and oxygen atoms in total. The predicted molar refractivity (Wildman–Crippen MR) is 166 cm³/mol. The van der Waals surface area contributed by atoms with Gasteiger partial charge in [-0.05, 0) is 48.7 Å². The molecule has 2 aromatic carbocycles. The van der Waals surface area contributed by atoms with Crippen LogP contribution in [0, 0.1) is 0 Å². The van der Waals surface area contributed by atoms with Crippen LogP contribution in [-0.2, 0) is 22.5 Å². The first-order valence-corrected chi connectivity index (χ1v) is 15.3. The molecule has 0 unspecified atom stereocenters. The van der Waals surface area contributed by atoms with Gasteiger partial charge in [0.2, 0.25) is 5.91 Å². The van der Waals surface area contributed by atoms with E-state index in [2.05, 4.69) is 26.2 Å². The van der Waals surface area contributed by atoms with E-state index in [9.17, 15) is 14.4 Å². The number of fused-ring (bicyclic) bond motifs is 1. The smallest absolute Gasteiger partial charge is 0.341 e. The third-order valence-electron chi connectivity index (χ3n) is 6.20. The van der Waals surface area contributed by atoms with E-state index >= 15 is 0 Å². The second kappa shape index (κ2) is 12.1. The third-order valence-corrected chi connectivity index (χ3v) is 9.12. The molecule has 204 valence electrons. The standard InChI is InChI=1S/C29H23BrClN3O4S2/c1-3-21-23(17-5-9-18(30)10-6-17)25-26(40-21)32-15-34(28(25)36)13-22(35)33-27-24(29(37)38-4-2)20(14-39-27)16-7-11-19(31)12-8-16/h5-12,14-15H,3-4,13H2,1-2H3,(H,33,35). The number of aryl methyl sites for hydroxylation is 1. The maximum absolute atomic E-state index is 13.6. The zero-order valence-corrected chi connectivity index (χ0v) is 25.5. The van der Waals surface area contributed by atoms with Crippen LogP contribution in [0.2, 0.25) is 5.02 Å². The van der Waals surface area contributed by atoms with Gasteiger partial charge in [-0.25, -0.2) is 9.78 Å². The maximum atomic E-state index is 13.6. The minimum absolute atomic E-state index is 0.185. The zero-order valence-electron chi connectivity index (χ0n) is 21.5. The molecule has 0 radical (unpaired) electrons. The molecule has 0 atom stereocenters. The molecule has 1 N–H and O–H groups in total. The fraction of sp³-hybridized carbons (Fsp3) is 0.172.